The summed E-state index contributed by atoms with van der Waals surface area (Å²) >= 11 is 0. The van der Waals surface area contributed by atoms with Crippen LogP contribution in [0, 0.1) is 13.8 Å². The Morgan fingerprint density at radius 3 is 2.56 bits per heavy atom. The first-order chi connectivity index (χ1) is 15.6. The third-order valence-corrected chi connectivity index (χ3v) is 5.87. The van der Waals surface area contributed by atoms with Crippen molar-refractivity contribution in [1.82, 2.24) is 15.4 Å². The van der Waals surface area contributed by atoms with Crippen molar-refractivity contribution in [3.8, 4) is 5.75 Å². The fraction of sp³-hybridized carbons (Fsp3) is 0.360. The lowest BCUT2D eigenvalue weighted by atomic mass is 10.2. The molecule has 2 heterocycles. The van der Waals surface area contributed by atoms with Crippen LogP contribution in [-0.2, 0) is 6.61 Å². The summed E-state index contributed by atoms with van der Waals surface area (Å²) in [5.41, 5.74) is 3.63. The van der Waals surface area contributed by atoms with E-state index in [0.29, 0.717) is 24.5 Å². The number of nitrogens with zero attached hydrogens (tertiary/aromatic N) is 3. The van der Waals surface area contributed by atoms with Gasteiger partial charge in [-0.1, -0.05) is 29.4 Å². The summed E-state index contributed by atoms with van der Waals surface area (Å²) in [6.45, 7) is 9.58. The topological polar surface area (TPSA) is 70.8 Å². The van der Waals surface area contributed by atoms with E-state index in [1.807, 2.05) is 32.0 Å². The van der Waals surface area contributed by atoms with Crippen LogP contribution in [0.1, 0.15) is 27.4 Å². The Morgan fingerprint density at radius 2 is 1.84 bits per heavy atom. The summed E-state index contributed by atoms with van der Waals surface area (Å²) in [5.74, 6) is 1.31. The first kappa shape index (κ1) is 21.9. The van der Waals surface area contributed by atoms with Gasteiger partial charge in [-0.2, -0.15) is 0 Å². The Morgan fingerprint density at radius 1 is 1.06 bits per heavy atom. The van der Waals surface area contributed by atoms with E-state index in [-0.39, 0.29) is 5.91 Å². The maximum atomic E-state index is 12.6. The van der Waals surface area contributed by atoms with Crippen molar-refractivity contribution >= 4 is 11.6 Å². The number of piperazine rings is 1. The SMILES string of the molecule is Cc1noc(C)c1COc1cccc(C(=O)NCCN2CCN(c3ccccc3)CC2)c1. The van der Waals surface area contributed by atoms with E-state index in [0.717, 1.165) is 49.7 Å². The standard InChI is InChI=1S/C25H30N4O3/c1-19-24(20(2)32-27-19)18-31-23-10-6-7-21(17-23)25(30)26-11-12-28-13-15-29(16-14-28)22-8-4-3-5-9-22/h3-10,17H,11-16,18H2,1-2H3,(H,26,30). The van der Waals surface area contributed by atoms with Crippen LogP contribution in [0.25, 0.3) is 0 Å². The number of rotatable bonds is 8. The van der Waals surface area contributed by atoms with Gasteiger partial charge >= 0.3 is 0 Å². The first-order valence-electron chi connectivity index (χ1n) is 11.1. The van der Waals surface area contributed by atoms with Crippen molar-refractivity contribution in [2.45, 2.75) is 20.5 Å². The van der Waals surface area contributed by atoms with E-state index in [2.05, 4.69) is 44.5 Å². The maximum Gasteiger partial charge on any atom is 0.251 e. The number of aryl methyl sites for hydroxylation is 2. The monoisotopic (exact) mass is 434 g/mol. The fourth-order valence-corrected chi connectivity index (χ4v) is 3.89. The average Bonchev–Trinajstić information content (AvgIpc) is 3.16. The van der Waals surface area contributed by atoms with E-state index in [4.69, 9.17) is 9.26 Å². The normalized spacial score (nSPS) is 14.4. The maximum absolute atomic E-state index is 12.6. The van der Waals surface area contributed by atoms with E-state index < -0.39 is 0 Å². The van der Waals surface area contributed by atoms with Gasteiger partial charge in [0.1, 0.15) is 18.1 Å². The number of aromatic nitrogens is 1. The quantitative estimate of drug-likeness (QED) is 0.586. The van der Waals surface area contributed by atoms with Crippen LogP contribution in [0.15, 0.2) is 59.1 Å². The molecule has 3 aromatic rings. The van der Waals surface area contributed by atoms with Gasteiger partial charge in [0.05, 0.1) is 11.3 Å². The minimum atomic E-state index is -0.0873. The summed E-state index contributed by atoms with van der Waals surface area (Å²) in [4.78, 5) is 17.4. The van der Waals surface area contributed by atoms with Crippen LogP contribution in [0.5, 0.6) is 5.75 Å². The zero-order valence-electron chi connectivity index (χ0n) is 18.7. The number of carbonyl (C=O) groups excluding carboxylic acids is 1. The number of hydrogen-bond acceptors (Lipinski definition) is 6. The molecule has 1 N–H and O–H groups in total. The molecule has 0 bridgehead atoms. The number of carbonyl (C=O) groups is 1. The Hall–Kier alpha value is -3.32. The lowest BCUT2D eigenvalue weighted by molar-refractivity contribution is 0.0947. The lowest BCUT2D eigenvalue weighted by Gasteiger charge is -2.36. The minimum Gasteiger partial charge on any atom is -0.489 e. The number of nitrogens with one attached hydrogen (secondary N) is 1. The summed E-state index contributed by atoms with van der Waals surface area (Å²) in [6.07, 6.45) is 0. The van der Waals surface area contributed by atoms with Gasteiger partial charge in [-0.3, -0.25) is 9.69 Å². The number of hydrogen-bond donors (Lipinski definition) is 1. The number of benzene rings is 2. The predicted octanol–water partition coefficient (Wildman–Crippen LogP) is 3.42. The van der Waals surface area contributed by atoms with Crippen LogP contribution in [0.4, 0.5) is 5.69 Å². The van der Waals surface area contributed by atoms with Crippen molar-refractivity contribution in [1.29, 1.82) is 0 Å². The molecule has 0 saturated carbocycles. The van der Waals surface area contributed by atoms with Crippen LogP contribution >= 0.6 is 0 Å². The predicted molar refractivity (Wildman–Crippen MR) is 124 cm³/mol. The highest BCUT2D eigenvalue weighted by Crippen LogP contribution is 2.19. The fourth-order valence-electron chi connectivity index (χ4n) is 3.89. The molecule has 2 aromatic carbocycles. The molecule has 7 nitrogen and oxygen atoms in total. The minimum absolute atomic E-state index is 0.0873. The van der Waals surface area contributed by atoms with Crippen molar-refractivity contribution in [3.63, 3.8) is 0 Å². The Bertz CT molecular complexity index is 1010. The number of amides is 1. The molecule has 168 valence electrons. The molecule has 0 radical (unpaired) electrons. The lowest BCUT2D eigenvalue weighted by Crippen LogP contribution is -2.48. The average molecular weight is 435 g/mol. The molecule has 1 aliphatic rings. The molecule has 7 heteroatoms. The van der Waals surface area contributed by atoms with Gasteiger partial charge in [0.15, 0.2) is 0 Å². The highest BCUT2D eigenvalue weighted by Gasteiger charge is 2.17. The van der Waals surface area contributed by atoms with Gasteiger partial charge in [-0.25, -0.2) is 0 Å². The van der Waals surface area contributed by atoms with Crippen molar-refractivity contribution in [2.24, 2.45) is 0 Å². The van der Waals surface area contributed by atoms with E-state index in [1.54, 1.807) is 12.1 Å². The van der Waals surface area contributed by atoms with Gasteiger partial charge in [-0.05, 0) is 44.2 Å². The molecule has 1 aliphatic heterocycles. The summed E-state index contributed by atoms with van der Waals surface area (Å²) in [7, 11) is 0. The van der Waals surface area contributed by atoms with Crippen LogP contribution < -0.4 is 15.0 Å². The molecule has 1 saturated heterocycles. The third-order valence-electron chi connectivity index (χ3n) is 5.87. The number of ether oxygens (including phenoxy) is 1. The molecule has 0 unspecified atom stereocenters. The Balaban J connectivity index is 1.21. The second kappa shape index (κ2) is 10.3. The molecule has 0 spiro atoms. The van der Waals surface area contributed by atoms with Gasteiger partial charge in [0, 0.05) is 50.5 Å². The molecule has 32 heavy (non-hydrogen) atoms. The molecule has 0 atom stereocenters. The Labute approximate surface area is 188 Å². The highest BCUT2D eigenvalue weighted by atomic mass is 16.5. The zero-order chi connectivity index (χ0) is 22.3. The van der Waals surface area contributed by atoms with Crippen molar-refractivity contribution in [2.75, 3.05) is 44.2 Å². The van der Waals surface area contributed by atoms with E-state index >= 15 is 0 Å². The number of para-hydroxylation sites is 1. The van der Waals surface area contributed by atoms with E-state index in [1.165, 1.54) is 5.69 Å². The Kier molecular flexibility index (Phi) is 7.07. The van der Waals surface area contributed by atoms with Crippen molar-refractivity contribution in [3.05, 3.63) is 77.2 Å². The number of anilines is 1. The molecule has 4 rings (SSSR count). The molecule has 0 aliphatic carbocycles. The first-order valence-corrected chi connectivity index (χ1v) is 11.1. The highest BCUT2D eigenvalue weighted by molar-refractivity contribution is 5.94. The second-order valence-electron chi connectivity index (χ2n) is 8.04. The van der Waals surface area contributed by atoms with Crippen LogP contribution in [0.3, 0.4) is 0 Å². The molecule has 1 fully saturated rings. The van der Waals surface area contributed by atoms with Gasteiger partial charge < -0.3 is 19.5 Å². The largest absolute Gasteiger partial charge is 0.489 e. The van der Waals surface area contributed by atoms with Gasteiger partial charge in [-0.15, -0.1) is 0 Å². The van der Waals surface area contributed by atoms with E-state index in [9.17, 15) is 4.79 Å². The van der Waals surface area contributed by atoms with Crippen LogP contribution in [0.2, 0.25) is 0 Å². The van der Waals surface area contributed by atoms with Crippen LogP contribution in [-0.4, -0.2) is 55.2 Å². The van der Waals surface area contributed by atoms with Gasteiger partial charge in [0.2, 0.25) is 0 Å². The molecular weight excluding hydrogens is 404 g/mol. The third kappa shape index (κ3) is 5.48. The zero-order valence-corrected chi connectivity index (χ0v) is 18.7. The summed E-state index contributed by atoms with van der Waals surface area (Å²) in [6, 6.07) is 17.8. The molecule has 1 amide bonds. The molecule has 1 aromatic heterocycles. The second-order valence-corrected chi connectivity index (χ2v) is 8.04. The van der Waals surface area contributed by atoms with Gasteiger partial charge in [0.25, 0.3) is 5.91 Å². The van der Waals surface area contributed by atoms with Crippen molar-refractivity contribution < 1.29 is 14.1 Å². The summed E-state index contributed by atoms with van der Waals surface area (Å²) in [5, 5.41) is 6.97. The summed E-state index contributed by atoms with van der Waals surface area (Å²) < 4.78 is 11.0. The smallest absolute Gasteiger partial charge is 0.251 e. The molecular formula is C25H30N4O3.